The van der Waals surface area contributed by atoms with Crippen LogP contribution in [-0.2, 0) is 6.42 Å². The number of Topliss-reactive ketones (excluding diaryl/α,β-unsaturated/α-hetero) is 1. The van der Waals surface area contributed by atoms with Crippen molar-refractivity contribution < 1.29 is 4.79 Å². The summed E-state index contributed by atoms with van der Waals surface area (Å²) in [6, 6.07) is 10.1. The first-order valence-corrected chi connectivity index (χ1v) is 5.93. The van der Waals surface area contributed by atoms with Gasteiger partial charge in [0, 0.05) is 12.6 Å². The smallest absolute Gasteiger partial charge is 0.220 e. The van der Waals surface area contributed by atoms with Crippen molar-refractivity contribution in [3.63, 3.8) is 0 Å². The SMILES string of the molecule is Nc1ncc2c(n1)CC(c1ccccc1)CC2=O. The first-order valence-electron chi connectivity index (χ1n) is 5.93. The van der Waals surface area contributed by atoms with Crippen LogP contribution in [0.15, 0.2) is 36.5 Å². The fraction of sp³-hybridized carbons (Fsp3) is 0.214. The molecule has 0 radical (unpaired) electrons. The second-order valence-electron chi connectivity index (χ2n) is 4.53. The molecule has 2 N–H and O–H groups in total. The first-order chi connectivity index (χ1) is 8.74. The maximum absolute atomic E-state index is 12.1. The number of hydrogen-bond donors (Lipinski definition) is 1. The predicted molar refractivity (Wildman–Crippen MR) is 68.3 cm³/mol. The Morgan fingerprint density at radius 1 is 1.17 bits per heavy atom. The minimum absolute atomic E-state index is 0.102. The molecule has 1 atom stereocenters. The van der Waals surface area contributed by atoms with Gasteiger partial charge in [-0.1, -0.05) is 30.3 Å². The third-order valence-electron chi connectivity index (χ3n) is 3.33. The molecule has 0 saturated carbocycles. The Morgan fingerprint density at radius 2 is 1.94 bits per heavy atom. The third kappa shape index (κ3) is 1.86. The molecule has 90 valence electrons. The standard InChI is InChI=1S/C14H13N3O/c15-14-16-8-11-12(17-14)6-10(7-13(11)18)9-4-2-1-3-5-9/h1-5,8,10H,6-7H2,(H2,15,16,17). The number of nitrogen functional groups attached to an aromatic ring is 1. The van der Waals surface area contributed by atoms with Gasteiger partial charge >= 0.3 is 0 Å². The number of benzene rings is 1. The number of carbonyl (C=O) groups is 1. The van der Waals surface area contributed by atoms with E-state index in [0.717, 1.165) is 12.1 Å². The fourth-order valence-electron chi connectivity index (χ4n) is 2.42. The summed E-state index contributed by atoms with van der Waals surface area (Å²) in [5.41, 5.74) is 8.15. The van der Waals surface area contributed by atoms with Gasteiger partial charge in [0.25, 0.3) is 0 Å². The Balaban J connectivity index is 1.98. The van der Waals surface area contributed by atoms with Crippen molar-refractivity contribution in [2.24, 2.45) is 0 Å². The summed E-state index contributed by atoms with van der Waals surface area (Å²) in [4.78, 5) is 20.1. The molecule has 1 aromatic heterocycles. The topological polar surface area (TPSA) is 68.9 Å². The highest BCUT2D eigenvalue weighted by Crippen LogP contribution is 2.31. The van der Waals surface area contributed by atoms with E-state index in [9.17, 15) is 4.79 Å². The summed E-state index contributed by atoms with van der Waals surface area (Å²) in [7, 11) is 0. The van der Waals surface area contributed by atoms with E-state index in [1.165, 1.54) is 5.56 Å². The third-order valence-corrected chi connectivity index (χ3v) is 3.33. The lowest BCUT2D eigenvalue weighted by atomic mass is 9.82. The van der Waals surface area contributed by atoms with E-state index in [1.807, 2.05) is 30.3 Å². The van der Waals surface area contributed by atoms with Gasteiger partial charge in [0.1, 0.15) is 0 Å². The highest BCUT2D eigenvalue weighted by atomic mass is 16.1. The summed E-state index contributed by atoms with van der Waals surface area (Å²) in [6.45, 7) is 0. The molecule has 4 heteroatoms. The normalized spacial score (nSPS) is 18.4. The number of nitrogens with two attached hydrogens (primary N) is 1. The van der Waals surface area contributed by atoms with E-state index >= 15 is 0 Å². The summed E-state index contributed by atoms with van der Waals surface area (Å²) in [5, 5.41) is 0. The average Bonchev–Trinajstić information content (AvgIpc) is 2.39. The van der Waals surface area contributed by atoms with Crippen LogP contribution < -0.4 is 5.73 Å². The number of nitrogens with zero attached hydrogens (tertiary/aromatic N) is 2. The monoisotopic (exact) mass is 239 g/mol. The molecule has 0 spiro atoms. The number of hydrogen-bond acceptors (Lipinski definition) is 4. The van der Waals surface area contributed by atoms with E-state index in [2.05, 4.69) is 9.97 Å². The molecule has 4 nitrogen and oxygen atoms in total. The molecule has 0 fully saturated rings. The zero-order chi connectivity index (χ0) is 12.5. The molecule has 3 rings (SSSR count). The molecule has 0 aliphatic heterocycles. The summed E-state index contributed by atoms with van der Waals surface area (Å²) < 4.78 is 0. The van der Waals surface area contributed by atoms with Crippen LogP contribution in [-0.4, -0.2) is 15.8 Å². The maximum atomic E-state index is 12.1. The van der Waals surface area contributed by atoms with Crippen LogP contribution in [0.5, 0.6) is 0 Å². The summed E-state index contributed by atoms with van der Waals surface area (Å²) in [5.74, 6) is 0.529. The van der Waals surface area contributed by atoms with Crippen LogP contribution in [0.1, 0.15) is 34.0 Å². The van der Waals surface area contributed by atoms with Crippen LogP contribution in [0.3, 0.4) is 0 Å². The largest absolute Gasteiger partial charge is 0.368 e. The molecule has 1 aliphatic rings. The molecule has 0 saturated heterocycles. The van der Waals surface area contributed by atoms with E-state index < -0.39 is 0 Å². The maximum Gasteiger partial charge on any atom is 0.220 e. The van der Waals surface area contributed by atoms with Gasteiger partial charge in [-0.3, -0.25) is 4.79 Å². The Kier molecular flexibility index (Phi) is 2.55. The zero-order valence-corrected chi connectivity index (χ0v) is 9.84. The van der Waals surface area contributed by atoms with Crippen LogP contribution in [0.25, 0.3) is 0 Å². The zero-order valence-electron chi connectivity index (χ0n) is 9.84. The van der Waals surface area contributed by atoms with Crippen molar-refractivity contribution in [3.05, 3.63) is 53.3 Å². The number of ketones is 1. The van der Waals surface area contributed by atoms with Crippen molar-refractivity contribution in [1.82, 2.24) is 9.97 Å². The Morgan fingerprint density at radius 3 is 2.72 bits per heavy atom. The lowest BCUT2D eigenvalue weighted by molar-refractivity contribution is 0.0963. The van der Waals surface area contributed by atoms with E-state index in [1.54, 1.807) is 6.20 Å². The summed E-state index contributed by atoms with van der Waals surface area (Å²) >= 11 is 0. The van der Waals surface area contributed by atoms with Gasteiger partial charge < -0.3 is 5.73 Å². The fourth-order valence-corrected chi connectivity index (χ4v) is 2.42. The van der Waals surface area contributed by atoms with Gasteiger partial charge in [-0.05, 0) is 17.9 Å². The minimum atomic E-state index is 0.102. The van der Waals surface area contributed by atoms with Crippen LogP contribution in [0.2, 0.25) is 0 Å². The number of anilines is 1. The Hall–Kier alpha value is -2.23. The lowest BCUT2D eigenvalue weighted by Gasteiger charge is -2.22. The van der Waals surface area contributed by atoms with Crippen LogP contribution >= 0.6 is 0 Å². The van der Waals surface area contributed by atoms with E-state index in [4.69, 9.17) is 5.73 Å². The van der Waals surface area contributed by atoms with E-state index in [0.29, 0.717) is 12.0 Å². The van der Waals surface area contributed by atoms with Gasteiger partial charge in [0.2, 0.25) is 5.95 Å². The van der Waals surface area contributed by atoms with Gasteiger partial charge in [-0.25, -0.2) is 9.97 Å². The van der Waals surface area contributed by atoms with Crippen molar-refractivity contribution in [1.29, 1.82) is 0 Å². The first kappa shape index (κ1) is 10.9. The number of fused-ring (bicyclic) bond motifs is 1. The lowest BCUT2D eigenvalue weighted by Crippen LogP contribution is -2.21. The van der Waals surface area contributed by atoms with Crippen molar-refractivity contribution in [2.45, 2.75) is 18.8 Å². The van der Waals surface area contributed by atoms with Gasteiger partial charge in [-0.15, -0.1) is 0 Å². The predicted octanol–water partition coefficient (Wildman–Crippen LogP) is 1.97. The number of rotatable bonds is 1. The molecular formula is C14H13N3O. The van der Waals surface area contributed by atoms with Gasteiger partial charge in [0.05, 0.1) is 11.3 Å². The second kappa shape index (κ2) is 4.22. The molecule has 1 aliphatic carbocycles. The molecule has 2 aromatic rings. The minimum Gasteiger partial charge on any atom is -0.368 e. The van der Waals surface area contributed by atoms with Crippen molar-refractivity contribution in [2.75, 3.05) is 5.73 Å². The van der Waals surface area contributed by atoms with Gasteiger partial charge in [0.15, 0.2) is 5.78 Å². The van der Waals surface area contributed by atoms with Crippen molar-refractivity contribution in [3.8, 4) is 0 Å². The molecule has 1 unspecified atom stereocenters. The number of carbonyl (C=O) groups excluding carboxylic acids is 1. The molecular weight excluding hydrogens is 226 g/mol. The molecule has 1 heterocycles. The van der Waals surface area contributed by atoms with Crippen molar-refractivity contribution >= 4 is 11.7 Å². The average molecular weight is 239 g/mol. The summed E-state index contributed by atoms with van der Waals surface area (Å²) in [6.07, 6.45) is 2.81. The second-order valence-corrected chi connectivity index (χ2v) is 4.53. The number of aromatic nitrogens is 2. The molecule has 0 amide bonds. The van der Waals surface area contributed by atoms with Crippen LogP contribution in [0.4, 0.5) is 5.95 Å². The Bertz CT molecular complexity index is 595. The Labute approximate surface area is 105 Å². The highest BCUT2D eigenvalue weighted by Gasteiger charge is 2.27. The quantitative estimate of drug-likeness (QED) is 0.826. The molecule has 18 heavy (non-hydrogen) atoms. The molecule has 0 bridgehead atoms. The van der Waals surface area contributed by atoms with Gasteiger partial charge in [-0.2, -0.15) is 0 Å². The molecule has 1 aromatic carbocycles. The highest BCUT2D eigenvalue weighted by molar-refractivity contribution is 5.98. The van der Waals surface area contributed by atoms with Crippen LogP contribution in [0, 0.1) is 0 Å². The van der Waals surface area contributed by atoms with E-state index in [-0.39, 0.29) is 17.6 Å².